The van der Waals surface area contributed by atoms with Crippen LogP contribution >= 0.6 is 0 Å². The van der Waals surface area contributed by atoms with Gasteiger partial charge >= 0.3 is 5.97 Å². The highest BCUT2D eigenvalue weighted by molar-refractivity contribution is 5.86. The molecule has 0 fully saturated rings. The zero-order chi connectivity index (χ0) is 14.8. The van der Waals surface area contributed by atoms with E-state index in [0.29, 0.717) is 13.2 Å². The number of aliphatic carboxylic acids is 1. The minimum Gasteiger partial charge on any atom is -0.493 e. The number of fused-ring (bicyclic) bond motifs is 1. The Morgan fingerprint density at radius 3 is 2.75 bits per heavy atom. The first kappa shape index (κ1) is 14.4. The minimum atomic E-state index is -0.799. The Hall–Kier alpha value is -1.97. The standard InChI is InChI=1S/C16H21NO3/c1-4-10-20-14-7-5-6-13-12(14)8-9-17(13)11-16(2,3)15(18)19/h5-9H,4,10-11H2,1-3H3,(H,18,19). The number of hydrogen-bond donors (Lipinski definition) is 1. The number of rotatable bonds is 6. The van der Waals surface area contributed by atoms with E-state index in [1.54, 1.807) is 13.8 Å². The van der Waals surface area contributed by atoms with Gasteiger partial charge in [0.1, 0.15) is 5.75 Å². The van der Waals surface area contributed by atoms with E-state index in [4.69, 9.17) is 4.74 Å². The lowest BCUT2D eigenvalue weighted by Gasteiger charge is -2.20. The summed E-state index contributed by atoms with van der Waals surface area (Å²) in [4.78, 5) is 11.3. The van der Waals surface area contributed by atoms with E-state index >= 15 is 0 Å². The molecule has 1 heterocycles. The van der Waals surface area contributed by atoms with E-state index in [9.17, 15) is 9.90 Å². The molecule has 0 bridgehead atoms. The highest BCUT2D eigenvalue weighted by Crippen LogP contribution is 2.29. The Bertz CT molecular complexity index is 613. The van der Waals surface area contributed by atoms with Crippen molar-refractivity contribution in [3.8, 4) is 5.75 Å². The molecule has 2 rings (SSSR count). The Morgan fingerprint density at radius 2 is 2.10 bits per heavy atom. The number of carboxylic acid groups (broad SMARTS) is 1. The van der Waals surface area contributed by atoms with Crippen LogP contribution in [0.5, 0.6) is 5.75 Å². The van der Waals surface area contributed by atoms with E-state index in [2.05, 4.69) is 6.92 Å². The minimum absolute atomic E-state index is 0.434. The fourth-order valence-corrected chi connectivity index (χ4v) is 2.16. The Labute approximate surface area is 119 Å². The topological polar surface area (TPSA) is 51.5 Å². The van der Waals surface area contributed by atoms with Crippen LogP contribution in [0.1, 0.15) is 27.2 Å². The second-order valence-electron chi connectivity index (χ2n) is 5.67. The van der Waals surface area contributed by atoms with Crippen molar-refractivity contribution in [1.82, 2.24) is 4.57 Å². The van der Waals surface area contributed by atoms with Crippen LogP contribution < -0.4 is 4.74 Å². The van der Waals surface area contributed by atoms with Crippen molar-refractivity contribution in [2.75, 3.05) is 6.61 Å². The Morgan fingerprint density at radius 1 is 1.35 bits per heavy atom. The lowest BCUT2D eigenvalue weighted by Crippen LogP contribution is -2.28. The first-order chi connectivity index (χ1) is 9.45. The molecule has 0 saturated carbocycles. The summed E-state index contributed by atoms with van der Waals surface area (Å²) in [6.45, 7) is 6.66. The van der Waals surface area contributed by atoms with Gasteiger partial charge in [-0.15, -0.1) is 0 Å². The van der Waals surface area contributed by atoms with Crippen LogP contribution in [-0.4, -0.2) is 22.2 Å². The summed E-state index contributed by atoms with van der Waals surface area (Å²) in [6, 6.07) is 7.87. The number of benzene rings is 1. The third-order valence-corrected chi connectivity index (χ3v) is 3.38. The van der Waals surface area contributed by atoms with Gasteiger partial charge < -0.3 is 14.4 Å². The van der Waals surface area contributed by atoms with Crippen LogP contribution in [0.15, 0.2) is 30.5 Å². The number of ether oxygens (including phenoxy) is 1. The van der Waals surface area contributed by atoms with E-state index in [-0.39, 0.29) is 0 Å². The van der Waals surface area contributed by atoms with Crippen molar-refractivity contribution in [3.63, 3.8) is 0 Å². The van der Waals surface area contributed by atoms with Crippen LogP contribution in [-0.2, 0) is 11.3 Å². The molecule has 108 valence electrons. The molecule has 0 spiro atoms. The number of aromatic nitrogens is 1. The summed E-state index contributed by atoms with van der Waals surface area (Å²) < 4.78 is 7.70. The maximum Gasteiger partial charge on any atom is 0.310 e. The Kier molecular flexibility index (Phi) is 4.02. The fourth-order valence-electron chi connectivity index (χ4n) is 2.16. The molecule has 4 nitrogen and oxygen atoms in total. The van der Waals surface area contributed by atoms with Crippen LogP contribution in [0.25, 0.3) is 10.9 Å². The third kappa shape index (κ3) is 2.79. The van der Waals surface area contributed by atoms with Gasteiger partial charge in [0.2, 0.25) is 0 Å². The summed E-state index contributed by atoms with van der Waals surface area (Å²) in [5.41, 5.74) is 0.208. The van der Waals surface area contributed by atoms with Crippen molar-refractivity contribution in [2.24, 2.45) is 5.41 Å². The molecule has 4 heteroatoms. The number of nitrogens with zero attached hydrogens (tertiary/aromatic N) is 1. The molecule has 0 unspecified atom stereocenters. The third-order valence-electron chi connectivity index (χ3n) is 3.38. The summed E-state index contributed by atoms with van der Waals surface area (Å²) in [6.07, 6.45) is 2.89. The Balaban J connectivity index is 2.35. The zero-order valence-electron chi connectivity index (χ0n) is 12.2. The van der Waals surface area contributed by atoms with E-state index in [1.807, 2.05) is 35.0 Å². The largest absolute Gasteiger partial charge is 0.493 e. The average Bonchev–Trinajstić information content (AvgIpc) is 2.79. The quantitative estimate of drug-likeness (QED) is 0.877. The molecule has 1 N–H and O–H groups in total. The van der Waals surface area contributed by atoms with Crippen LogP contribution in [0.2, 0.25) is 0 Å². The summed E-state index contributed by atoms with van der Waals surface area (Å²) in [5, 5.41) is 10.3. The van der Waals surface area contributed by atoms with E-state index in [0.717, 1.165) is 23.1 Å². The van der Waals surface area contributed by atoms with Gasteiger partial charge in [-0.3, -0.25) is 4.79 Å². The van der Waals surface area contributed by atoms with Gasteiger partial charge in [0.15, 0.2) is 0 Å². The predicted octanol–water partition coefficient (Wildman–Crippen LogP) is 3.54. The van der Waals surface area contributed by atoms with Crippen LogP contribution in [0.4, 0.5) is 0 Å². The van der Waals surface area contributed by atoms with Gasteiger partial charge in [0.25, 0.3) is 0 Å². The molecule has 0 aliphatic heterocycles. The fraction of sp³-hybridized carbons (Fsp3) is 0.438. The SMILES string of the molecule is CCCOc1cccc2c1ccn2CC(C)(C)C(=O)O. The number of carbonyl (C=O) groups is 1. The molecule has 0 atom stereocenters. The molecular weight excluding hydrogens is 254 g/mol. The van der Waals surface area contributed by atoms with Gasteiger partial charge in [0.05, 0.1) is 17.5 Å². The van der Waals surface area contributed by atoms with Crippen molar-refractivity contribution in [3.05, 3.63) is 30.5 Å². The summed E-state index contributed by atoms with van der Waals surface area (Å²) in [5.74, 6) is 0.0639. The normalized spacial score (nSPS) is 11.8. The summed E-state index contributed by atoms with van der Waals surface area (Å²) >= 11 is 0. The molecular formula is C16H21NO3. The lowest BCUT2D eigenvalue weighted by molar-refractivity contribution is -0.147. The maximum atomic E-state index is 11.3. The van der Waals surface area contributed by atoms with Crippen LogP contribution in [0.3, 0.4) is 0 Å². The van der Waals surface area contributed by atoms with Gasteiger partial charge in [-0.2, -0.15) is 0 Å². The molecule has 1 aromatic heterocycles. The molecule has 0 aliphatic rings. The smallest absolute Gasteiger partial charge is 0.310 e. The maximum absolute atomic E-state index is 11.3. The highest BCUT2D eigenvalue weighted by Gasteiger charge is 2.28. The van der Waals surface area contributed by atoms with Crippen molar-refractivity contribution in [2.45, 2.75) is 33.7 Å². The van der Waals surface area contributed by atoms with Gasteiger partial charge in [0, 0.05) is 18.1 Å². The second-order valence-corrected chi connectivity index (χ2v) is 5.67. The van der Waals surface area contributed by atoms with Crippen molar-refractivity contribution < 1.29 is 14.6 Å². The first-order valence-electron chi connectivity index (χ1n) is 6.90. The molecule has 0 amide bonds. The molecule has 1 aromatic carbocycles. The number of carboxylic acids is 1. The number of hydrogen-bond acceptors (Lipinski definition) is 2. The van der Waals surface area contributed by atoms with E-state index in [1.165, 1.54) is 0 Å². The molecule has 2 aromatic rings. The highest BCUT2D eigenvalue weighted by atomic mass is 16.5. The first-order valence-corrected chi connectivity index (χ1v) is 6.90. The van der Waals surface area contributed by atoms with Crippen molar-refractivity contribution >= 4 is 16.9 Å². The zero-order valence-corrected chi connectivity index (χ0v) is 12.2. The monoisotopic (exact) mass is 275 g/mol. The van der Waals surface area contributed by atoms with Crippen LogP contribution in [0, 0.1) is 5.41 Å². The predicted molar refractivity (Wildman–Crippen MR) is 79.1 cm³/mol. The summed E-state index contributed by atoms with van der Waals surface area (Å²) in [7, 11) is 0. The molecule has 0 saturated heterocycles. The van der Waals surface area contributed by atoms with Gasteiger partial charge in [-0.1, -0.05) is 13.0 Å². The van der Waals surface area contributed by atoms with E-state index < -0.39 is 11.4 Å². The molecule has 0 radical (unpaired) electrons. The average molecular weight is 275 g/mol. The van der Waals surface area contributed by atoms with Gasteiger partial charge in [-0.05, 0) is 38.5 Å². The lowest BCUT2D eigenvalue weighted by atomic mass is 9.94. The van der Waals surface area contributed by atoms with Gasteiger partial charge in [-0.25, -0.2) is 0 Å². The van der Waals surface area contributed by atoms with Crippen molar-refractivity contribution in [1.29, 1.82) is 0 Å². The molecule has 20 heavy (non-hydrogen) atoms. The second kappa shape index (κ2) is 5.57. The molecule has 0 aliphatic carbocycles.